The normalized spacial score (nSPS) is 29.4. The lowest BCUT2D eigenvalue weighted by atomic mass is 9.62. The van der Waals surface area contributed by atoms with Crippen LogP contribution in [0.3, 0.4) is 0 Å². The molecule has 2 aliphatic rings. The summed E-state index contributed by atoms with van der Waals surface area (Å²) in [6.07, 6.45) is 6.13. The average Bonchev–Trinajstić information content (AvgIpc) is 2.67. The van der Waals surface area contributed by atoms with Gasteiger partial charge in [-0.3, -0.25) is 4.68 Å². The molecule has 76 valence electrons. The summed E-state index contributed by atoms with van der Waals surface area (Å²) in [6, 6.07) is 2.18. The number of hydrogen-bond acceptors (Lipinski definition) is 2. The monoisotopic (exact) mass is 191 g/mol. The molecule has 1 N–H and O–H groups in total. The molecule has 0 amide bonds. The van der Waals surface area contributed by atoms with Gasteiger partial charge in [-0.25, -0.2) is 0 Å². The van der Waals surface area contributed by atoms with E-state index in [0.29, 0.717) is 11.3 Å². The highest BCUT2D eigenvalue weighted by atomic mass is 15.3. The van der Waals surface area contributed by atoms with Crippen LogP contribution in [0.15, 0.2) is 12.3 Å². The maximum Gasteiger partial charge on any atom is 0.0492 e. The van der Waals surface area contributed by atoms with Crippen LogP contribution in [-0.4, -0.2) is 22.9 Å². The van der Waals surface area contributed by atoms with Crippen LogP contribution in [0, 0.1) is 5.41 Å². The van der Waals surface area contributed by atoms with Crippen molar-refractivity contribution in [2.45, 2.75) is 25.2 Å². The van der Waals surface area contributed by atoms with E-state index in [-0.39, 0.29) is 0 Å². The molecule has 0 radical (unpaired) electrons. The van der Waals surface area contributed by atoms with Crippen molar-refractivity contribution in [3.8, 4) is 0 Å². The van der Waals surface area contributed by atoms with Crippen molar-refractivity contribution in [2.75, 3.05) is 13.1 Å². The highest BCUT2D eigenvalue weighted by Gasteiger charge is 2.48. The zero-order chi connectivity index (χ0) is 9.60. The number of aromatic nitrogens is 2. The second kappa shape index (κ2) is 2.83. The predicted molar refractivity (Wildman–Crippen MR) is 55.1 cm³/mol. The summed E-state index contributed by atoms with van der Waals surface area (Å²) in [5, 5.41) is 7.81. The van der Waals surface area contributed by atoms with Gasteiger partial charge in [0.2, 0.25) is 0 Å². The van der Waals surface area contributed by atoms with Crippen molar-refractivity contribution in [1.82, 2.24) is 15.1 Å². The van der Waals surface area contributed by atoms with Crippen LogP contribution >= 0.6 is 0 Å². The molecule has 0 unspecified atom stereocenters. The van der Waals surface area contributed by atoms with Gasteiger partial charge in [0.1, 0.15) is 0 Å². The Morgan fingerprint density at radius 2 is 2.43 bits per heavy atom. The third-order valence-electron chi connectivity index (χ3n) is 4.13. The van der Waals surface area contributed by atoms with Gasteiger partial charge in [-0.1, -0.05) is 6.42 Å². The van der Waals surface area contributed by atoms with Crippen LogP contribution in [0.1, 0.15) is 30.9 Å². The fourth-order valence-electron chi connectivity index (χ4n) is 3.11. The minimum absolute atomic E-state index is 0.577. The van der Waals surface area contributed by atoms with Crippen LogP contribution in [0.4, 0.5) is 0 Å². The summed E-state index contributed by atoms with van der Waals surface area (Å²) in [5.74, 6) is 0.698. The van der Waals surface area contributed by atoms with Crippen LogP contribution in [-0.2, 0) is 7.05 Å². The van der Waals surface area contributed by atoms with Crippen molar-refractivity contribution in [3.05, 3.63) is 18.0 Å². The second-order valence-corrected chi connectivity index (χ2v) is 4.78. The molecule has 1 aliphatic heterocycles. The summed E-state index contributed by atoms with van der Waals surface area (Å²) in [7, 11) is 2.06. The average molecular weight is 191 g/mol. The van der Waals surface area contributed by atoms with E-state index in [0.717, 1.165) is 6.54 Å². The number of nitrogens with zero attached hydrogens (tertiary/aromatic N) is 2. The molecule has 0 aromatic carbocycles. The molecule has 2 heterocycles. The Morgan fingerprint density at radius 3 is 3.00 bits per heavy atom. The molecule has 1 aromatic rings. The van der Waals surface area contributed by atoms with Gasteiger partial charge in [0.25, 0.3) is 0 Å². The first-order valence-corrected chi connectivity index (χ1v) is 5.50. The SMILES string of the molecule is Cn1nccc1[C@@H]1CNCC12CCC2. The molecule has 1 aromatic heterocycles. The van der Waals surface area contributed by atoms with Crippen molar-refractivity contribution < 1.29 is 0 Å². The standard InChI is InChI=1S/C11H17N3/c1-14-10(3-6-13-14)9-7-12-8-11(9)4-2-5-11/h3,6,9,12H,2,4-5,7-8H2,1H3/t9-/m0/s1. The third-order valence-corrected chi connectivity index (χ3v) is 4.13. The molecule has 1 aliphatic carbocycles. The lowest BCUT2D eigenvalue weighted by molar-refractivity contribution is 0.133. The molecule has 0 bridgehead atoms. The van der Waals surface area contributed by atoms with Gasteiger partial charge in [0.05, 0.1) is 0 Å². The molecule has 3 heteroatoms. The van der Waals surface area contributed by atoms with E-state index in [1.165, 1.54) is 31.5 Å². The van der Waals surface area contributed by atoms with Crippen molar-refractivity contribution in [1.29, 1.82) is 0 Å². The summed E-state index contributed by atoms with van der Waals surface area (Å²) >= 11 is 0. The van der Waals surface area contributed by atoms with E-state index in [2.05, 4.69) is 23.5 Å². The summed E-state index contributed by atoms with van der Waals surface area (Å²) in [4.78, 5) is 0. The molecule has 3 rings (SSSR count). The quantitative estimate of drug-likeness (QED) is 0.724. The van der Waals surface area contributed by atoms with Crippen LogP contribution in [0.5, 0.6) is 0 Å². The Hall–Kier alpha value is -0.830. The summed E-state index contributed by atoms with van der Waals surface area (Å²) in [5.41, 5.74) is 1.99. The Balaban J connectivity index is 1.94. The van der Waals surface area contributed by atoms with Gasteiger partial charge in [-0.2, -0.15) is 5.10 Å². The molecule has 14 heavy (non-hydrogen) atoms. The number of aryl methyl sites for hydroxylation is 1. The number of hydrogen-bond donors (Lipinski definition) is 1. The first-order chi connectivity index (χ1) is 6.82. The number of nitrogens with one attached hydrogen (secondary N) is 1. The maximum absolute atomic E-state index is 4.27. The number of rotatable bonds is 1. The largest absolute Gasteiger partial charge is 0.315 e. The lowest BCUT2D eigenvalue weighted by Gasteiger charge is -2.42. The van der Waals surface area contributed by atoms with E-state index in [1.54, 1.807) is 0 Å². The van der Waals surface area contributed by atoms with E-state index in [4.69, 9.17) is 0 Å². The predicted octanol–water partition coefficient (Wildman–Crippen LogP) is 1.28. The minimum Gasteiger partial charge on any atom is -0.315 e. The third kappa shape index (κ3) is 0.989. The van der Waals surface area contributed by atoms with Gasteiger partial charge in [-0.05, 0) is 24.3 Å². The maximum atomic E-state index is 4.27. The molecular weight excluding hydrogens is 174 g/mol. The Labute approximate surface area is 84.5 Å². The highest BCUT2D eigenvalue weighted by molar-refractivity contribution is 5.19. The van der Waals surface area contributed by atoms with E-state index in [1.807, 2.05) is 10.9 Å². The fourth-order valence-corrected chi connectivity index (χ4v) is 3.11. The topological polar surface area (TPSA) is 29.9 Å². The van der Waals surface area contributed by atoms with E-state index in [9.17, 15) is 0 Å². The van der Waals surface area contributed by atoms with Gasteiger partial charge < -0.3 is 5.32 Å². The molecule has 1 saturated heterocycles. The van der Waals surface area contributed by atoms with Crippen LogP contribution in [0.25, 0.3) is 0 Å². The minimum atomic E-state index is 0.577. The van der Waals surface area contributed by atoms with Gasteiger partial charge in [-0.15, -0.1) is 0 Å². The highest BCUT2D eigenvalue weighted by Crippen LogP contribution is 2.53. The Bertz CT molecular complexity index is 338. The first-order valence-electron chi connectivity index (χ1n) is 5.50. The van der Waals surface area contributed by atoms with Gasteiger partial charge in [0.15, 0.2) is 0 Å². The van der Waals surface area contributed by atoms with Crippen LogP contribution in [0.2, 0.25) is 0 Å². The van der Waals surface area contributed by atoms with E-state index >= 15 is 0 Å². The van der Waals surface area contributed by atoms with Crippen LogP contribution < -0.4 is 5.32 Å². The summed E-state index contributed by atoms with van der Waals surface area (Å²) in [6.45, 7) is 2.35. The lowest BCUT2D eigenvalue weighted by Crippen LogP contribution is -2.36. The Morgan fingerprint density at radius 1 is 1.57 bits per heavy atom. The smallest absolute Gasteiger partial charge is 0.0492 e. The first kappa shape index (κ1) is 8.48. The molecular formula is C11H17N3. The van der Waals surface area contributed by atoms with E-state index < -0.39 is 0 Å². The van der Waals surface area contributed by atoms with Crippen molar-refractivity contribution in [3.63, 3.8) is 0 Å². The van der Waals surface area contributed by atoms with Crippen molar-refractivity contribution >= 4 is 0 Å². The second-order valence-electron chi connectivity index (χ2n) is 4.78. The molecule has 3 nitrogen and oxygen atoms in total. The Kier molecular flexibility index (Phi) is 1.71. The van der Waals surface area contributed by atoms with Gasteiger partial charge >= 0.3 is 0 Å². The zero-order valence-electron chi connectivity index (χ0n) is 8.66. The molecule has 1 spiro atoms. The molecule has 1 saturated carbocycles. The van der Waals surface area contributed by atoms with Crippen molar-refractivity contribution in [2.24, 2.45) is 12.5 Å². The fraction of sp³-hybridized carbons (Fsp3) is 0.727. The zero-order valence-corrected chi connectivity index (χ0v) is 8.66. The van der Waals surface area contributed by atoms with Gasteiger partial charge in [0, 0.05) is 37.9 Å². The summed E-state index contributed by atoms with van der Waals surface area (Å²) < 4.78 is 2.04. The molecule has 1 atom stereocenters. The molecule has 2 fully saturated rings.